The molecule has 0 unspecified atom stereocenters. The van der Waals surface area contributed by atoms with Crippen molar-refractivity contribution in [1.82, 2.24) is 9.78 Å². The van der Waals surface area contributed by atoms with E-state index in [-0.39, 0.29) is 5.78 Å². The number of carbonyl (C=O) groups is 1. The number of rotatable bonds is 5. The summed E-state index contributed by atoms with van der Waals surface area (Å²) in [6, 6.07) is 7.81. The Hall–Kier alpha value is -1.42. The third kappa shape index (κ3) is 3.29. The van der Waals surface area contributed by atoms with E-state index >= 15 is 0 Å². The van der Waals surface area contributed by atoms with Crippen LogP contribution in [0, 0.1) is 0 Å². The van der Waals surface area contributed by atoms with Crippen LogP contribution in [0.4, 0.5) is 0 Å². The fourth-order valence-electron chi connectivity index (χ4n) is 1.75. The number of ketones is 1. The first kappa shape index (κ1) is 13.0. The lowest BCUT2D eigenvalue weighted by Crippen LogP contribution is -2.02. The number of halogens is 1. The second-order valence-electron chi connectivity index (χ2n) is 4.22. The number of hydrogen-bond donors (Lipinski definition) is 0. The lowest BCUT2D eigenvalue weighted by Gasteiger charge is -1.99. The molecule has 3 nitrogen and oxygen atoms in total. The molecule has 2 aromatic rings. The molecule has 0 aliphatic rings. The highest BCUT2D eigenvalue weighted by molar-refractivity contribution is 9.10. The zero-order valence-corrected chi connectivity index (χ0v) is 11.9. The maximum absolute atomic E-state index is 12.1. The topological polar surface area (TPSA) is 34.9 Å². The number of benzene rings is 1. The summed E-state index contributed by atoms with van der Waals surface area (Å²) in [6.45, 7) is 2.94. The standard InChI is InChI=1S/C14H15BrN2O/c1-2-7-17-10-12(9-16-17)14(18)8-11-3-5-13(15)6-4-11/h3-6,9-10H,2,7-8H2,1H3. The van der Waals surface area contributed by atoms with Gasteiger partial charge in [-0.3, -0.25) is 9.48 Å². The van der Waals surface area contributed by atoms with Crippen LogP contribution in [0.25, 0.3) is 0 Å². The Labute approximate surface area is 115 Å². The maximum Gasteiger partial charge on any atom is 0.170 e. The maximum atomic E-state index is 12.1. The Kier molecular flexibility index (Phi) is 4.31. The van der Waals surface area contributed by atoms with E-state index in [1.807, 2.05) is 35.1 Å². The van der Waals surface area contributed by atoms with E-state index in [0.717, 1.165) is 23.0 Å². The average molecular weight is 307 g/mol. The van der Waals surface area contributed by atoms with E-state index < -0.39 is 0 Å². The lowest BCUT2D eigenvalue weighted by molar-refractivity contribution is 0.0993. The smallest absolute Gasteiger partial charge is 0.170 e. The van der Waals surface area contributed by atoms with Crippen molar-refractivity contribution in [2.24, 2.45) is 0 Å². The normalized spacial score (nSPS) is 10.6. The van der Waals surface area contributed by atoms with Crippen LogP contribution >= 0.6 is 15.9 Å². The summed E-state index contributed by atoms with van der Waals surface area (Å²) in [5.41, 5.74) is 1.71. The van der Waals surface area contributed by atoms with Gasteiger partial charge in [0, 0.05) is 23.6 Å². The zero-order chi connectivity index (χ0) is 13.0. The van der Waals surface area contributed by atoms with Gasteiger partial charge in [0.2, 0.25) is 0 Å². The van der Waals surface area contributed by atoms with Crippen LogP contribution in [0.2, 0.25) is 0 Å². The van der Waals surface area contributed by atoms with Crippen LogP contribution in [0.1, 0.15) is 29.3 Å². The number of Topliss-reactive ketones (excluding diaryl/α,β-unsaturated/α-hetero) is 1. The van der Waals surface area contributed by atoms with E-state index in [1.54, 1.807) is 6.20 Å². The summed E-state index contributed by atoms with van der Waals surface area (Å²) in [6.07, 6.45) is 4.91. The lowest BCUT2D eigenvalue weighted by atomic mass is 10.1. The van der Waals surface area contributed by atoms with Gasteiger partial charge in [-0.1, -0.05) is 35.0 Å². The molecular formula is C14H15BrN2O. The van der Waals surface area contributed by atoms with Gasteiger partial charge in [0.1, 0.15) is 0 Å². The summed E-state index contributed by atoms with van der Waals surface area (Å²) >= 11 is 3.38. The van der Waals surface area contributed by atoms with Gasteiger partial charge in [0.15, 0.2) is 5.78 Å². The van der Waals surface area contributed by atoms with Crippen molar-refractivity contribution in [3.63, 3.8) is 0 Å². The third-order valence-corrected chi connectivity index (χ3v) is 3.21. The van der Waals surface area contributed by atoms with Gasteiger partial charge in [-0.15, -0.1) is 0 Å². The number of nitrogens with zero attached hydrogens (tertiary/aromatic N) is 2. The third-order valence-electron chi connectivity index (χ3n) is 2.69. The second kappa shape index (κ2) is 5.96. The molecule has 0 aliphatic carbocycles. The molecule has 0 atom stereocenters. The molecule has 0 bridgehead atoms. The fraction of sp³-hybridized carbons (Fsp3) is 0.286. The summed E-state index contributed by atoms with van der Waals surface area (Å²) < 4.78 is 2.84. The van der Waals surface area contributed by atoms with Gasteiger partial charge in [-0.25, -0.2) is 0 Å². The Morgan fingerprint density at radius 1 is 1.33 bits per heavy atom. The van der Waals surface area contributed by atoms with Gasteiger partial charge >= 0.3 is 0 Å². The molecule has 0 saturated carbocycles. The molecule has 0 aliphatic heterocycles. The first-order valence-electron chi connectivity index (χ1n) is 5.99. The predicted octanol–water partition coefficient (Wildman–Crippen LogP) is 3.48. The highest BCUT2D eigenvalue weighted by atomic mass is 79.9. The molecule has 1 aromatic carbocycles. The number of hydrogen-bond acceptors (Lipinski definition) is 2. The van der Waals surface area contributed by atoms with Crippen LogP contribution in [0.3, 0.4) is 0 Å². The Balaban J connectivity index is 2.04. The Morgan fingerprint density at radius 2 is 2.06 bits per heavy atom. The molecule has 0 fully saturated rings. The molecular weight excluding hydrogens is 292 g/mol. The van der Waals surface area contributed by atoms with Crippen molar-refractivity contribution < 1.29 is 4.79 Å². The molecule has 0 N–H and O–H groups in total. The van der Waals surface area contributed by atoms with E-state index in [4.69, 9.17) is 0 Å². The molecule has 0 spiro atoms. The molecule has 18 heavy (non-hydrogen) atoms. The zero-order valence-electron chi connectivity index (χ0n) is 10.3. The minimum atomic E-state index is 0.111. The molecule has 0 amide bonds. The van der Waals surface area contributed by atoms with Crippen LogP contribution in [-0.2, 0) is 13.0 Å². The second-order valence-corrected chi connectivity index (χ2v) is 5.13. The molecule has 94 valence electrons. The van der Waals surface area contributed by atoms with Gasteiger partial charge in [-0.05, 0) is 24.1 Å². The summed E-state index contributed by atoms with van der Waals surface area (Å²) in [4.78, 5) is 12.1. The first-order valence-corrected chi connectivity index (χ1v) is 6.78. The molecule has 4 heteroatoms. The van der Waals surface area contributed by atoms with E-state index in [2.05, 4.69) is 28.0 Å². The van der Waals surface area contributed by atoms with Gasteiger partial charge < -0.3 is 0 Å². The fourth-order valence-corrected chi connectivity index (χ4v) is 2.01. The van der Waals surface area contributed by atoms with Crippen molar-refractivity contribution in [1.29, 1.82) is 0 Å². The summed E-state index contributed by atoms with van der Waals surface area (Å²) in [5, 5.41) is 4.17. The van der Waals surface area contributed by atoms with Crippen molar-refractivity contribution >= 4 is 21.7 Å². The van der Waals surface area contributed by atoms with Crippen LogP contribution in [0.15, 0.2) is 41.1 Å². The van der Waals surface area contributed by atoms with E-state index in [1.165, 1.54) is 0 Å². The van der Waals surface area contributed by atoms with Gasteiger partial charge in [0.05, 0.1) is 11.8 Å². The number of aryl methyl sites for hydroxylation is 1. The predicted molar refractivity (Wildman–Crippen MR) is 74.7 cm³/mol. The van der Waals surface area contributed by atoms with Gasteiger partial charge in [0.25, 0.3) is 0 Å². The minimum absolute atomic E-state index is 0.111. The Morgan fingerprint density at radius 3 is 2.72 bits per heavy atom. The van der Waals surface area contributed by atoms with Crippen LogP contribution < -0.4 is 0 Å². The number of carbonyl (C=O) groups excluding carboxylic acids is 1. The molecule has 0 radical (unpaired) electrons. The Bertz CT molecular complexity index is 531. The van der Waals surface area contributed by atoms with Crippen molar-refractivity contribution in [2.45, 2.75) is 26.3 Å². The highest BCUT2D eigenvalue weighted by Gasteiger charge is 2.09. The quantitative estimate of drug-likeness (QED) is 0.793. The first-order chi connectivity index (χ1) is 8.69. The summed E-state index contributed by atoms with van der Waals surface area (Å²) in [5.74, 6) is 0.111. The largest absolute Gasteiger partial charge is 0.294 e. The highest BCUT2D eigenvalue weighted by Crippen LogP contribution is 2.12. The van der Waals surface area contributed by atoms with Gasteiger partial charge in [-0.2, -0.15) is 5.10 Å². The van der Waals surface area contributed by atoms with Crippen LogP contribution in [0.5, 0.6) is 0 Å². The minimum Gasteiger partial charge on any atom is -0.294 e. The van der Waals surface area contributed by atoms with Crippen LogP contribution in [-0.4, -0.2) is 15.6 Å². The number of aromatic nitrogens is 2. The summed E-state index contributed by atoms with van der Waals surface area (Å²) in [7, 11) is 0. The monoisotopic (exact) mass is 306 g/mol. The van der Waals surface area contributed by atoms with Crippen molar-refractivity contribution in [2.75, 3.05) is 0 Å². The molecule has 1 heterocycles. The van der Waals surface area contributed by atoms with E-state index in [9.17, 15) is 4.79 Å². The van der Waals surface area contributed by atoms with Crippen molar-refractivity contribution in [3.8, 4) is 0 Å². The SMILES string of the molecule is CCCn1cc(C(=O)Cc2ccc(Br)cc2)cn1. The average Bonchev–Trinajstić information content (AvgIpc) is 2.81. The molecule has 0 saturated heterocycles. The van der Waals surface area contributed by atoms with E-state index in [0.29, 0.717) is 12.0 Å². The molecule has 1 aromatic heterocycles. The van der Waals surface area contributed by atoms with Crippen molar-refractivity contribution in [3.05, 3.63) is 52.3 Å². The molecule has 2 rings (SSSR count).